The molecule has 0 saturated heterocycles. The van der Waals surface area contributed by atoms with E-state index in [1.165, 1.54) is 11.8 Å². The summed E-state index contributed by atoms with van der Waals surface area (Å²) in [6.07, 6.45) is 2.56. The molecule has 0 heterocycles. The molecule has 0 amide bonds. The fourth-order valence-electron chi connectivity index (χ4n) is 0.375. The first kappa shape index (κ1) is 9.31. The van der Waals surface area contributed by atoms with E-state index >= 15 is 0 Å². The lowest BCUT2D eigenvalue weighted by Crippen LogP contribution is -2.14. The minimum absolute atomic E-state index is 0.658. The summed E-state index contributed by atoms with van der Waals surface area (Å²) >= 11 is 1.50. The van der Waals surface area contributed by atoms with Crippen LogP contribution in [0.1, 0.15) is 6.42 Å². The molecule has 0 unspecified atom stereocenters. The third kappa shape index (κ3) is 4.21. The Morgan fingerprint density at radius 2 is 2.60 bits per heavy atom. The van der Waals surface area contributed by atoms with E-state index in [2.05, 4.69) is 17.2 Å². The van der Waals surface area contributed by atoms with Crippen LogP contribution in [-0.2, 0) is 0 Å². The number of rotatable bonds is 2. The summed E-state index contributed by atoms with van der Waals surface area (Å²) in [6, 6.07) is 0. The quantitative estimate of drug-likeness (QED) is 0.368. The van der Waals surface area contributed by atoms with Crippen molar-refractivity contribution < 1.29 is 0 Å². The number of hydrogen-bond acceptors (Lipinski definition) is 3. The molecule has 0 aliphatic carbocycles. The Bertz CT molecular complexity index is 148. The van der Waals surface area contributed by atoms with Crippen LogP contribution in [0.2, 0.25) is 0 Å². The SMILES string of the molecule is [CH2]CCSC(=NC#N)NC. The van der Waals surface area contributed by atoms with E-state index in [1.807, 2.05) is 0 Å². The predicted molar refractivity (Wildman–Crippen MR) is 44.5 cm³/mol. The van der Waals surface area contributed by atoms with Gasteiger partial charge in [-0.25, -0.2) is 0 Å². The van der Waals surface area contributed by atoms with Gasteiger partial charge in [0, 0.05) is 12.8 Å². The second-order valence-electron chi connectivity index (χ2n) is 1.47. The lowest BCUT2D eigenvalue weighted by atomic mass is 10.6. The molecule has 10 heavy (non-hydrogen) atoms. The maximum absolute atomic E-state index is 8.16. The van der Waals surface area contributed by atoms with Gasteiger partial charge in [0.25, 0.3) is 0 Å². The standard InChI is InChI=1S/C6H10N3S/c1-3-4-10-6(8-2)9-5-7/h1,3-4H2,2H3,(H,8,9). The summed E-state index contributed by atoms with van der Waals surface area (Å²) in [6.45, 7) is 3.67. The molecule has 0 aromatic heterocycles. The van der Waals surface area contributed by atoms with Crippen molar-refractivity contribution in [3.63, 3.8) is 0 Å². The minimum atomic E-state index is 0.658. The van der Waals surface area contributed by atoms with Crippen LogP contribution in [-0.4, -0.2) is 18.0 Å². The van der Waals surface area contributed by atoms with Crippen LogP contribution >= 0.6 is 11.8 Å². The maximum atomic E-state index is 8.16. The van der Waals surface area contributed by atoms with Crippen molar-refractivity contribution in [1.82, 2.24) is 5.32 Å². The van der Waals surface area contributed by atoms with Gasteiger partial charge in [-0.15, -0.1) is 4.99 Å². The average molecular weight is 156 g/mol. The number of nitrogens with zero attached hydrogens (tertiary/aromatic N) is 2. The molecule has 0 atom stereocenters. The Labute approximate surface area is 65.5 Å². The summed E-state index contributed by atoms with van der Waals surface area (Å²) in [5.41, 5.74) is 0. The maximum Gasteiger partial charge on any atom is 0.208 e. The molecule has 0 bridgehead atoms. The van der Waals surface area contributed by atoms with Crippen molar-refractivity contribution in [2.45, 2.75) is 6.42 Å². The third-order valence-electron chi connectivity index (χ3n) is 0.749. The van der Waals surface area contributed by atoms with Crippen molar-refractivity contribution in [3.8, 4) is 6.19 Å². The molecule has 1 radical (unpaired) electrons. The molecule has 0 aliphatic heterocycles. The highest BCUT2D eigenvalue weighted by Crippen LogP contribution is 2.02. The smallest absolute Gasteiger partial charge is 0.208 e. The van der Waals surface area contributed by atoms with Crippen LogP contribution in [0.5, 0.6) is 0 Å². The molecule has 0 aromatic carbocycles. The Morgan fingerprint density at radius 3 is 3.00 bits per heavy atom. The van der Waals surface area contributed by atoms with E-state index in [9.17, 15) is 0 Å². The molecule has 4 heteroatoms. The van der Waals surface area contributed by atoms with Gasteiger partial charge >= 0.3 is 0 Å². The van der Waals surface area contributed by atoms with Gasteiger partial charge in [-0.05, 0) is 6.42 Å². The molecule has 0 saturated carbocycles. The topological polar surface area (TPSA) is 48.2 Å². The molecule has 0 spiro atoms. The highest BCUT2D eigenvalue weighted by atomic mass is 32.2. The van der Waals surface area contributed by atoms with Gasteiger partial charge < -0.3 is 5.32 Å². The summed E-state index contributed by atoms with van der Waals surface area (Å²) in [7, 11) is 1.74. The Kier molecular flexibility index (Phi) is 5.99. The molecule has 1 N–H and O–H groups in total. The molecular formula is C6H10N3S. The lowest BCUT2D eigenvalue weighted by molar-refractivity contribution is 1.19. The second kappa shape index (κ2) is 6.43. The largest absolute Gasteiger partial charge is 0.367 e. The normalized spacial score (nSPS) is 10.7. The summed E-state index contributed by atoms with van der Waals surface area (Å²) in [5.74, 6) is 0.890. The first-order valence-corrected chi connectivity index (χ1v) is 3.90. The van der Waals surface area contributed by atoms with E-state index in [0.717, 1.165) is 12.2 Å². The summed E-state index contributed by atoms with van der Waals surface area (Å²) < 4.78 is 0. The third-order valence-corrected chi connectivity index (χ3v) is 1.81. The molecule has 55 valence electrons. The average Bonchev–Trinajstić information content (AvgIpc) is 1.98. The van der Waals surface area contributed by atoms with E-state index in [0.29, 0.717) is 5.17 Å². The van der Waals surface area contributed by atoms with Crippen LogP contribution in [0.15, 0.2) is 4.99 Å². The molecule has 0 fully saturated rings. The Morgan fingerprint density at radius 1 is 1.90 bits per heavy atom. The summed E-state index contributed by atoms with van der Waals surface area (Å²) in [4.78, 5) is 3.53. The van der Waals surface area contributed by atoms with Crippen LogP contribution in [0, 0.1) is 18.4 Å². The zero-order valence-corrected chi connectivity index (χ0v) is 6.74. The molecule has 0 aromatic rings. The van der Waals surface area contributed by atoms with Crippen LogP contribution in [0.4, 0.5) is 0 Å². The van der Waals surface area contributed by atoms with Crippen molar-refractivity contribution >= 4 is 16.9 Å². The van der Waals surface area contributed by atoms with E-state index in [-0.39, 0.29) is 0 Å². The van der Waals surface area contributed by atoms with E-state index < -0.39 is 0 Å². The number of amidine groups is 1. The van der Waals surface area contributed by atoms with Crippen LogP contribution in [0.25, 0.3) is 0 Å². The Balaban J connectivity index is 3.63. The zero-order valence-electron chi connectivity index (χ0n) is 5.92. The first-order chi connectivity index (χ1) is 4.85. The number of hydrogen-bond donors (Lipinski definition) is 1. The lowest BCUT2D eigenvalue weighted by Gasteiger charge is -1.99. The van der Waals surface area contributed by atoms with Crippen molar-refractivity contribution in [2.75, 3.05) is 12.8 Å². The number of thioether (sulfide) groups is 1. The molecule has 0 aliphatic rings. The molecule has 3 nitrogen and oxygen atoms in total. The van der Waals surface area contributed by atoms with Gasteiger partial charge in [0.2, 0.25) is 6.19 Å². The van der Waals surface area contributed by atoms with Crippen LogP contribution in [0.3, 0.4) is 0 Å². The van der Waals surface area contributed by atoms with Crippen molar-refractivity contribution in [3.05, 3.63) is 6.92 Å². The van der Waals surface area contributed by atoms with Crippen molar-refractivity contribution in [1.29, 1.82) is 5.26 Å². The van der Waals surface area contributed by atoms with Gasteiger partial charge in [-0.2, -0.15) is 5.26 Å². The molecule has 0 rings (SSSR count). The second-order valence-corrected chi connectivity index (χ2v) is 2.55. The van der Waals surface area contributed by atoms with E-state index in [4.69, 9.17) is 5.26 Å². The molecular weight excluding hydrogens is 146 g/mol. The zero-order chi connectivity index (χ0) is 7.82. The van der Waals surface area contributed by atoms with Gasteiger partial charge in [-0.1, -0.05) is 18.7 Å². The number of nitriles is 1. The van der Waals surface area contributed by atoms with Gasteiger partial charge in [-0.3, -0.25) is 0 Å². The summed E-state index contributed by atoms with van der Waals surface area (Å²) in [5, 5.41) is 11.6. The Hall–Kier alpha value is -0.690. The van der Waals surface area contributed by atoms with Crippen LogP contribution < -0.4 is 5.32 Å². The van der Waals surface area contributed by atoms with Gasteiger partial charge in [0.1, 0.15) is 0 Å². The number of aliphatic imine (C=N–C) groups is 1. The highest BCUT2D eigenvalue weighted by molar-refractivity contribution is 8.13. The van der Waals surface area contributed by atoms with Gasteiger partial charge in [0.15, 0.2) is 5.17 Å². The minimum Gasteiger partial charge on any atom is -0.367 e. The predicted octanol–water partition coefficient (Wildman–Crippen LogP) is 1.00. The fourth-order valence-corrected chi connectivity index (χ4v) is 0.962. The van der Waals surface area contributed by atoms with E-state index in [1.54, 1.807) is 13.2 Å². The fraction of sp³-hybridized carbons (Fsp3) is 0.500. The first-order valence-electron chi connectivity index (χ1n) is 2.91. The van der Waals surface area contributed by atoms with Crippen molar-refractivity contribution in [2.24, 2.45) is 4.99 Å². The highest BCUT2D eigenvalue weighted by Gasteiger charge is 1.93. The number of nitrogens with one attached hydrogen (secondary N) is 1. The monoisotopic (exact) mass is 156 g/mol. The van der Waals surface area contributed by atoms with Gasteiger partial charge in [0.05, 0.1) is 0 Å².